The Labute approximate surface area is 118 Å². The molecule has 4 rings (SSSR count). The molecule has 4 saturated carbocycles. The van der Waals surface area contributed by atoms with Crippen LogP contribution in [0, 0.1) is 23.7 Å². The molecule has 4 aliphatic carbocycles. The SMILES string of the molecule is CC(C)CC[C@H](C)NC1[C@H]2CC3C[C@H]1CC(O)(C3)C2. The largest absolute Gasteiger partial charge is 0.390 e. The van der Waals surface area contributed by atoms with Crippen LogP contribution in [0.1, 0.15) is 65.7 Å². The first-order valence-electron chi connectivity index (χ1n) is 8.43. The molecule has 4 fully saturated rings. The fraction of sp³-hybridized carbons (Fsp3) is 1.00. The minimum atomic E-state index is -0.282. The van der Waals surface area contributed by atoms with Crippen molar-refractivity contribution < 1.29 is 5.11 Å². The van der Waals surface area contributed by atoms with Gasteiger partial charge in [-0.05, 0) is 75.5 Å². The molecule has 0 aromatic carbocycles. The lowest BCUT2D eigenvalue weighted by molar-refractivity contribution is -0.139. The highest BCUT2D eigenvalue weighted by Crippen LogP contribution is 2.55. The molecule has 0 aromatic heterocycles. The van der Waals surface area contributed by atoms with E-state index in [0.29, 0.717) is 12.1 Å². The van der Waals surface area contributed by atoms with Crippen molar-refractivity contribution in [3.8, 4) is 0 Å². The molecule has 0 amide bonds. The molecule has 0 aromatic rings. The molecular formula is C17H31NO. The normalized spacial score (nSPS) is 45.9. The van der Waals surface area contributed by atoms with Gasteiger partial charge in [0.2, 0.25) is 0 Å². The zero-order valence-electron chi connectivity index (χ0n) is 12.9. The minimum Gasteiger partial charge on any atom is -0.390 e. The Morgan fingerprint density at radius 1 is 1.05 bits per heavy atom. The maximum atomic E-state index is 10.6. The van der Waals surface area contributed by atoms with Gasteiger partial charge in [0.05, 0.1) is 5.60 Å². The van der Waals surface area contributed by atoms with Gasteiger partial charge in [-0.1, -0.05) is 13.8 Å². The van der Waals surface area contributed by atoms with Crippen LogP contribution in [0.3, 0.4) is 0 Å². The molecule has 3 atom stereocenters. The predicted molar refractivity (Wildman–Crippen MR) is 79.0 cm³/mol. The third-order valence-electron chi connectivity index (χ3n) is 5.89. The molecule has 0 unspecified atom stereocenters. The quantitative estimate of drug-likeness (QED) is 0.799. The topological polar surface area (TPSA) is 32.3 Å². The van der Waals surface area contributed by atoms with Gasteiger partial charge in [0, 0.05) is 12.1 Å². The van der Waals surface area contributed by atoms with Crippen molar-refractivity contribution >= 4 is 0 Å². The zero-order valence-corrected chi connectivity index (χ0v) is 12.9. The van der Waals surface area contributed by atoms with E-state index in [4.69, 9.17) is 0 Å². The Morgan fingerprint density at radius 3 is 2.21 bits per heavy atom. The average molecular weight is 265 g/mol. The van der Waals surface area contributed by atoms with E-state index in [9.17, 15) is 5.11 Å². The van der Waals surface area contributed by atoms with Crippen molar-refractivity contribution in [1.29, 1.82) is 0 Å². The van der Waals surface area contributed by atoms with Gasteiger partial charge in [-0.3, -0.25) is 0 Å². The molecule has 4 aliphatic rings. The van der Waals surface area contributed by atoms with Crippen molar-refractivity contribution in [1.82, 2.24) is 5.32 Å². The molecule has 0 radical (unpaired) electrons. The number of hydrogen-bond acceptors (Lipinski definition) is 2. The van der Waals surface area contributed by atoms with E-state index in [1.165, 1.54) is 25.7 Å². The van der Waals surface area contributed by atoms with Gasteiger partial charge in [0.15, 0.2) is 0 Å². The second-order valence-electron chi connectivity index (χ2n) is 8.26. The summed E-state index contributed by atoms with van der Waals surface area (Å²) in [7, 11) is 0. The lowest BCUT2D eigenvalue weighted by Crippen LogP contribution is -2.61. The van der Waals surface area contributed by atoms with Crippen molar-refractivity contribution in [2.24, 2.45) is 23.7 Å². The highest BCUT2D eigenvalue weighted by molar-refractivity contribution is 5.08. The number of nitrogens with one attached hydrogen (secondary N) is 1. The molecule has 2 nitrogen and oxygen atoms in total. The van der Waals surface area contributed by atoms with Crippen molar-refractivity contribution in [2.45, 2.75) is 83.4 Å². The summed E-state index contributed by atoms with van der Waals surface area (Å²) in [5.74, 6) is 3.13. The second-order valence-corrected chi connectivity index (χ2v) is 8.26. The summed E-state index contributed by atoms with van der Waals surface area (Å²) in [6.45, 7) is 6.97. The Kier molecular flexibility index (Phi) is 3.68. The molecular weight excluding hydrogens is 234 g/mol. The fourth-order valence-corrected chi connectivity index (χ4v) is 5.25. The van der Waals surface area contributed by atoms with Crippen LogP contribution >= 0.6 is 0 Å². The highest BCUT2D eigenvalue weighted by atomic mass is 16.3. The third kappa shape index (κ3) is 2.85. The molecule has 2 N–H and O–H groups in total. The number of hydrogen-bond donors (Lipinski definition) is 2. The van der Waals surface area contributed by atoms with Crippen molar-refractivity contribution in [2.75, 3.05) is 0 Å². The van der Waals surface area contributed by atoms with Gasteiger partial charge in [0.25, 0.3) is 0 Å². The van der Waals surface area contributed by atoms with Crippen LogP contribution in [0.5, 0.6) is 0 Å². The molecule has 0 saturated heterocycles. The number of aliphatic hydroxyl groups is 1. The van der Waals surface area contributed by atoms with Gasteiger partial charge < -0.3 is 10.4 Å². The molecule has 2 heteroatoms. The van der Waals surface area contributed by atoms with Crippen molar-refractivity contribution in [3.63, 3.8) is 0 Å². The van der Waals surface area contributed by atoms with Gasteiger partial charge in [-0.25, -0.2) is 0 Å². The van der Waals surface area contributed by atoms with Crippen molar-refractivity contribution in [3.05, 3.63) is 0 Å². The number of rotatable bonds is 5. The van der Waals surface area contributed by atoms with Crippen LogP contribution in [0.25, 0.3) is 0 Å². The summed E-state index contributed by atoms with van der Waals surface area (Å²) in [6.07, 6.45) is 8.57. The Morgan fingerprint density at radius 2 is 1.68 bits per heavy atom. The summed E-state index contributed by atoms with van der Waals surface area (Å²) < 4.78 is 0. The van der Waals surface area contributed by atoms with Gasteiger partial charge in [-0.2, -0.15) is 0 Å². The van der Waals surface area contributed by atoms with E-state index in [1.807, 2.05) is 0 Å². The van der Waals surface area contributed by atoms with Crippen LogP contribution in [-0.2, 0) is 0 Å². The lowest BCUT2D eigenvalue weighted by Gasteiger charge is -2.58. The van der Waals surface area contributed by atoms with E-state index in [0.717, 1.165) is 42.9 Å². The van der Waals surface area contributed by atoms with Gasteiger partial charge in [0.1, 0.15) is 0 Å². The maximum absolute atomic E-state index is 10.6. The second kappa shape index (κ2) is 5.04. The summed E-state index contributed by atoms with van der Waals surface area (Å²) in [5.41, 5.74) is -0.282. The monoisotopic (exact) mass is 265 g/mol. The van der Waals surface area contributed by atoms with E-state index in [-0.39, 0.29) is 5.60 Å². The molecule has 0 spiro atoms. The fourth-order valence-electron chi connectivity index (χ4n) is 5.25. The molecule has 4 bridgehead atoms. The van der Waals surface area contributed by atoms with E-state index < -0.39 is 0 Å². The zero-order chi connectivity index (χ0) is 13.6. The third-order valence-corrected chi connectivity index (χ3v) is 5.89. The van der Waals surface area contributed by atoms with Crippen LogP contribution in [0.15, 0.2) is 0 Å². The van der Waals surface area contributed by atoms with Crippen LogP contribution in [0.4, 0.5) is 0 Å². The highest BCUT2D eigenvalue weighted by Gasteiger charge is 2.54. The summed E-state index contributed by atoms with van der Waals surface area (Å²) >= 11 is 0. The molecule has 110 valence electrons. The Hall–Kier alpha value is -0.0800. The van der Waals surface area contributed by atoms with Gasteiger partial charge in [-0.15, -0.1) is 0 Å². The first-order chi connectivity index (χ1) is 8.95. The Bertz CT molecular complexity index is 311. The van der Waals surface area contributed by atoms with E-state index in [1.54, 1.807) is 0 Å². The molecule has 19 heavy (non-hydrogen) atoms. The van der Waals surface area contributed by atoms with Crippen LogP contribution in [-0.4, -0.2) is 22.8 Å². The summed E-state index contributed by atoms with van der Waals surface area (Å²) in [6, 6.07) is 1.33. The smallest absolute Gasteiger partial charge is 0.0657 e. The summed E-state index contributed by atoms with van der Waals surface area (Å²) in [5, 5.41) is 14.5. The standard InChI is InChI=1S/C17H31NO/c1-11(2)4-5-12(3)18-16-14-6-13-7-15(16)10-17(19,8-13)9-14/h11-16,18-19H,4-10H2,1-3H3/t12-,13?,14-,15-,16?,17?/m0/s1. The maximum Gasteiger partial charge on any atom is 0.0657 e. The van der Waals surface area contributed by atoms with Crippen LogP contribution in [0.2, 0.25) is 0 Å². The summed E-state index contributed by atoms with van der Waals surface area (Å²) in [4.78, 5) is 0. The predicted octanol–water partition coefficient (Wildman–Crippen LogP) is 3.34. The minimum absolute atomic E-state index is 0.282. The molecule has 0 aliphatic heterocycles. The van der Waals surface area contributed by atoms with Crippen LogP contribution < -0.4 is 5.32 Å². The van der Waals surface area contributed by atoms with E-state index >= 15 is 0 Å². The van der Waals surface area contributed by atoms with Gasteiger partial charge >= 0.3 is 0 Å². The average Bonchev–Trinajstić information content (AvgIpc) is 2.29. The molecule has 0 heterocycles. The van der Waals surface area contributed by atoms with E-state index in [2.05, 4.69) is 26.1 Å². The first-order valence-corrected chi connectivity index (χ1v) is 8.43. The first kappa shape index (κ1) is 13.9. The lowest BCUT2D eigenvalue weighted by atomic mass is 9.52. The Balaban J connectivity index is 1.57.